The molecule has 0 amide bonds. The zero-order chi connectivity index (χ0) is 24.0. The number of hydrogen-bond donors (Lipinski definition) is 0. The average molecular weight is 463 g/mol. The van der Waals surface area contributed by atoms with Crippen molar-refractivity contribution in [2.45, 2.75) is 20.0 Å². The average Bonchev–Trinajstić information content (AvgIpc) is 3.41. The Hall–Kier alpha value is -4.21. The molecule has 1 aliphatic heterocycles. The number of ether oxygens (including phenoxy) is 1. The van der Waals surface area contributed by atoms with Crippen LogP contribution in [0.3, 0.4) is 0 Å². The van der Waals surface area contributed by atoms with Gasteiger partial charge in [0.15, 0.2) is 11.2 Å². The number of hydrogen-bond acceptors (Lipinski definition) is 6. The van der Waals surface area contributed by atoms with Crippen molar-refractivity contribution in [1.82, 2.24) is 18.7 Å². The van der Waals surface area contributed by atoms with Gasteiger partial charge in [0, 0.05) is 25.8 Å². The molecule has 10 heteroatoms. The van der Waals surface area contributed by atoms with Crippen molar-refractivity contribution in [2.75, 3.05) is 18.1 Å². The van der Waals surface area contributed by atoms with Crippen LogP contribution in [0.15, 0.2) is 58.1 Å². The number of benzene rings is 2. The second-order valence-corrected chi connectivity index (χ2v) is 8.01. The Morgan fingerprint density at radius 3 is 2.44 bits per heavy atom. The number of imidazole rings is 1. The third-order valence-electron chi connectivity index (χ3n) is 5.95. The molecule has 9 nitrogen and oxygen atoms in total. The summed E-state index contributed by atoms with van der Waals surface area (Å²) < 4.78 is 22.6. The lowest BCUT2D eigenvalue weighted by Gasteiger charge is -2.16. The molecule has 2 aromatic heterocycles. The molecule has 0 spiro atoms. The van der Waals surface area contributed by atoms with Crippen LogP contribution in [0.2, 0.25) is 0 Å². The van der Waals surface area contributed by atoms with E-state index in [4.69, 9.17) is 4.74 Å². The van der Waals surface area contributed by atoms with E-state index >= 15 is 0 Å². The third kappa shape index (κ3) is 3.47. The Labute approximate surface area is 193 Å². The molecule has 34 heavy (non-hydrogen) atoms. The van der Waals surface area contributed by atoms with Crippen LogP contribution in [0.4, 0.5) is 16.0 Å². The van der Waals surface area contributed by atoms with Gasteiger partial charge in [-0.1, -0.05) is 12.1 Å². The molecule has 3 heterocycles. The minimum atomic E-state index is -0.496. The predicted octanol–water partition coefficient (Wildman–Crippen LogP) is 2.41. The summed E-state index contributed by atoms with van der Waals surface area (Å²) in [5.41, 5.74) is 1.59. The molecule has 0 saturated carbocycles. The van der Waals surface area contributed by atoms with Crippen molar-refractivity contribution in [3.63, 3.8) is 0 Å². The first kappa shape index (κ1) is 21.6. The smallest absolute Gasteiger partial charge is 0.338 e. The number of rotatable bonds is 5. The fraction of sp³-hybridized carbons (Fsp3) is 0.250. The quantitative estimate of drug-likeness (QED) is 0.422. The van der Waals surface area contributed by atoms with E-state index in [0.717, 1.165) is 10.3 Å². The topological polar surface area (TPSA) is 91.4 Å². The van der Waals surface area contributed by atoms with E-state index in [0.29, 0.717) is 47.9 Å². The highest BCUT2D eigenvalue weighted by Crippen LogP contribution is 2.31. The Morgan fingerprint density at radius 1 is 1.06 bits per heavy atom. The van der Waals surface area contributed by atoms with E-state index in [2.05, 4.69) is 4.98 Å². The first-order valence-electron chi connectivity index (χ1n) is 10.9. The van der Waals surface area contributed by atoms with Gasteiger partial charge in [-0.25, -0.2) is 14.0 Å². The molecular formula is C24H22FN5O4. The zero-order valence-corrected chi connectivity index (χ0v) is 18.7. The molecule has 0 fully saturated rings. The lowest BCUT2D eigenvalue weighted by Crippen LogP contribution is -2.40. The van der Waals surface area contributed by atoms with Crippen molar-refractivity contribution in [2.24, 2.45) is 7.05 Å². The summed E-state index contributed by atoms with van der Waals surface area (Å²) in [4.78, 5) is 44.8. The molecule has 0 unspecified atom stereocenters. The monoisotopic (exact) mass is 463 g/mol. The van der Waals surface area contributed by atoms with Crippen LogP contribution in [0.25, 0.3) is 11.2 Å². The van der Waals surface area contributed by atoms with E-state index < -0.39 is 11.2 Å². The number of fused-ring (bicyclic) bond motifs is 3. The summed E-state index contributed by atoms with van der Waals surface area (Å²) in [6, 6.07) is 12.7. The summed E-state index contributed by atoms with van der Waals surface area (Å²) in [6.07, 6.45) is 0. The summed E-state index contributed by atoms with van der Waals surface area (Å²) in [5, 5.41) is 0. The van der Waals surface area contributed by atoms with E-state index in [-0.39, 0.29) is 18.3 Å². The number of nitrogens with zero attached hydrogens (tertiary/aromatic N) is 5. The van der Waals surface area contributed by atoms with Gasteiger partial charge in [0.05, 0.1) is 18.7 Å². The fourth-order valence-electron chi connectivity index (χ4n) is 4.23. The van der Waals surface area contributed by atoms with Crippen molar-refractivity contribution < 1.29 is 13.9 Å². The first-order chi connectivity index (χ1) is 16.4. The number of esters is 1. The van der Waals surface area contributed by atoms with Crippen LogP contribution in [0.5, 0.6) is 0 Å². The highest BCUT2D eigenvalue weighted by Gasteiger charge is 2.29. The molecule has 0 aliphatic carbocycles. The number of carbonyl (C=O) groups excluding carboxylic acids is 1. The van der Waals surface area contributed by atoms with Crippen LogP contribution < -0.4 is 16.1 Å². The van der Waals surface area contributed by atoms with Gasteiger partial charge in [-0.15, -0.1) is 0 Å². The van der Waals surface area contributed by atoms with Crippen molar-refractivity contribution in [1.29, 1.82) is 0 Å². The molecule has 0 atom stereocenters. The molecule has 0 N–H and O–H groups in total. The van der Waals surface area contributed by atoms with Crippen molar-refractivity contribution in [3.05, 3.63) is 86.3 Å². The first-order valence-corrected chi connectivity index (χ1v) is 10.9. The minimum Gasteiger partial charge on any atom is -0.462 e. The Kier molecular flexibility index (Phi) is 5.27. The summed E-state index contributed by atoms with van der Waals surface area (Å²) in [7, 11) is 1.58. The molecule has 0 bridgehead atoms. The number of carbonyl (C=O) groups is 1. The fourth-order valence-corrected chi connectivity index (χ4v) is 4.23. The van der Waals surface area contributed by atoms with Gasteiger partial charge >= 0.3 is 11.7 Å². The standard InChI is InChI=1S/C24H22FN5O4/c1-3-34-22(32)16-6-10-18(11-7-16)28-12-13-29-19-20(26-23(28)29)27(2)24(33)30(21(19)31)14-15-4-8-17(25)9-5-15/h4-11H,3,12-14H2,1-2H3. The van der Waals surface area contributed by atoms with Crippen LogP contribution in [0, 0.1) is 5.82 Å². The molecule has 0 radical (unpaired) electrons. The molecular weight excluding hydrogens is 441 g/mol. The summed E-state index contributed by atoms with van der Waals surface area (Å²) in [6.45, 7) is 3.17. The lowest BCUT2D eigenvalue weighted by atomic mass is 10.2. The van der Waals surface area contributed by atoms with E-state index in [1.807, 2.05) is 4.90 Å². The van der Waals surface area contributed by atoms with Crippen LogP contribution in [-0.4, -0.2) is 37.8 Å². The van der Waals surface area contributed by atoms with Gasteiger partial charge in [-0.3, -0.25) is 13.9 Å². The summed E-state index contributed by atoms with van der Waals surface area (Å²) in [5.74, 6) is -0.228. The number of aryl methyl sites for hydroxylation is 1. The molecule has 5 rings (SSSR count). The second kappa shape index (κ2) is 8.29. The van der Waals surface area contributed by atoms with Gasteiger partial charge in [-0.2, -0.15) is 4.98 Å². The number of halogens is 1. The Morgan fingerprint density at radius 2 is 1.76 bits per heavy atom. The maximum absolute atomic E-state index is 13.4. The van der Waals surface area contributed by atoms with Gasteiger partial charge < -0.3 is 14.2 Å². The third-order valence-corrected chi connectivity index (χ3v) is 5.95. The second-order valence-electron chi connectivity index (χ2n) is 8.01. The van der Waals surface area contributed by atoms with E-state index in [9.17, 15) is 18.8 Å². The number of aromatic nitrogens is 4. The molecule has 174 valence electrons. The van der Waals surface area contributed by atoms with Crippen molar-refractivity contribution in [3.8, 4) is 0 Å². The predicted molar refractivity (Wildman–Crippen MR) is 124 cm³/mol. The minimum absolute atomic E-state index is 0.0290. The maximum atomic E-state index is 13.4. The molecule has 2 aromatic carbocycles. The highest BCUT2D eigenvalue weighted by molar-refractivity contribution is 5.90. The van der Waals surface area contributed by atoms with Crippen LogP contribution >= 0.6 is 0 Å². The normalized spacial score (nSPS) is 12.9. The highest BCUT2D eigenvalue weighted by atomic mass is 19.1. The maximum Gasteiger partial charge on any atom is 0.338 e. The molecule has 0 saturated heterocycles. The Bertz CT molecular complexity index is 1520. The van der Waals surface area contributed by atoms with E-state index in [1.54, 1.807) is 54.9 Å². The lowest BCUT2D eigenvalue weighted by molar-refractivity contribution is 0.0526. The van der Waals surface area contributed by atoms with Crippen LogP contribution in [0.1, 0.15) is 22.8 Å². The van der Waals surface area contributed by atoms with Crippen LogP contribution in [-0.2, 0) is 24.9 Å². The van der Waals surface area contributed by atoms with Gasteiger partial charge in [0.2, 0.25) is 5.95 Å². The largest absolute Gasteiger partial charge is 0.462 e. The number of anilines is 2. The Balaban J connectivity index is 1.56. The summed E-state index contributed by atoms with van der Waals surface area (Å²) >= 11 is 0. The molecule has 4 aromatic rings. The van der Waals surface area contributed by atoms with E-state index in [1.165, 1.54) is 16.7 Å². The van der Waals surface area contributed by atoms with Gasteiger partial charge in [0.25, 0.3) is 5.56 Å². The SMILES string of the molecule is CCOC(=O)c1ccc(N2CCn3c2nc2c3c(=O)n(Cc3ccc(F)cc3)c(=O)n2C)cc1. The zero-order valence-electron chi connectivity index (χ0n) is 18.7. The molecule has 1 aliphatic rings. The van der Waals surface area contributed by atoms with Gasteiger partial charge in [0.1, 0.15) is 5.82 Å². The van der Waals surface area contributed by atoms with Gasteiger partial charge in [-0.05, 0) is 48.9 Å². The van der Waals surface area contributed by atoms with Crippen molar-refractivity contribution >= 4 is 28.8 Å².